The Morgan fingerprint density at radius 2 is 1.05 bits per heavy atom. The highest BCUT2D eigenvalue weighted by Gasteiger charge is 2.14. The van der Waals surface area contributed by atoms with Crippen molar-refractivity contribution in [3.05, 3.63) is 97.1 Å². The molecule has 0 fully saturated rings. The van der Waals surface area contributed by atoms with Gasteiger partial charge in [0.05, 0.1) is 68.5 Å². The van der Waals surface area contributed by atoms with E-state index in [4.69, 9.17) is 0 Å². The summed E-state index contributed by atoms with van der Waals surface area (Å²) in [5, 5.41) is 5.30. The SMILES string of the molecule is C[N+](C)(C)CCCn1cc[n+](Cc2cccc3cc4cccc(C[n+]5ccn(CCC[N+](C)(C)C)c5)c4cc23)c1. The van der Waals surface area contributed by atoms with Gasteiger partial charge >= 0.3 is 0 Å². The van der Waals surface area contributed by atoms with E-state index in [1.807, 2.05) is 0 Å². The Labute approximate surface area is 240 Å². The Balaban J connectivity index is 1.35. The molecule has 0 atom stereocenters. The van der Waals surface area contributed by atoms with Crippen LogP contribution in [0, 0.1) is 0 Å². The molecule has 210 valence electrons. The molecular weight excluding hydrogens is 492 g/mol. The first-order valence-corrected chi connectivity index (χ1v) is 14.7. The lowest BCUT2D eigenvalue weighted by Gasteiger charge is -2.23. The number of benzene rings is 3. The Morgan fingerprint density at radius 3 is 1.48 bits per heavy atom. The molecule has 0 amide bonds. The van der Waals surface area contributed by atoms with Crippen molar-refractivity contribution in [2.45, 2.75) is 39.0 Å². The van der Waals surface area contributed by atoms with Gasteiger partial charge in [0.25, 0.3) is 0 Å². The number of aromatic nitrogens is 4. The molecule has 0 unspecified atom stereocenters. The number of hydrogen-bond acceptors (Lipinski definition) is 0. The minimum atomic E-state index is 0.873. The summed E-state index contributed by atoms with van der Waals surface area (Å²) in [5.74, 6) is 0. The molecule has 6 heteroatoms. The van der Waals surface area contributed by atoms with Crippen LogP contribution in [0.4, 0.5) is 0 Å². The molecule has 2 aromatic heterocycles. The van der Waals surface area contributed by atoms with Crippen LogP contribution < -0.4 is 9.13 Å². The third-order valence-electron chi connectivity index (χ3n) is 7.75. The molecule has 0 aliphatic heterocycles. The van der Waals surface area contributed by atoms with Crippen LogP contribution in [0.2, 0.25) is 0 Å². The number of rotatable bonds is 12. The fraction of sp³-hybridized carbons (Fsp3) is 0.412. The average Bonchev–Trinajstić information content (AvgIpc) is 3.51. The summed E-state index contributed by atoms with van der Waals surface area (Å²) >= 11 is 0. The molecule has 5 aromatic rings. The minimum Gasteiger partial charge on any atom is -0.331 e. The highest BCUT2D eigenvalue weighted by molar-refractivity contribution is 6.00. The summed E-state index contributed by atoms with van der Waals surface area (Å²) in [6, 6.07) is 18.2. The van der Waals surface area contributed by atoms with Gasteiger partial charge in [0, 0.05) is 24.0 Å². The fourth-order valence-electron chi connectivity index (χ4n) is 5.63. The minimum absolute atomic E-state index is 0.873. The van der Waals surface area contributed by atoms with Crippen LogP contribution >= 0.6 is 0 Å². The number of hydrogen-bond donors (Lipinski definition) is 0. The van der Waals surface area contributed by atoms with Gasteiger partial charge in [-0.15, -0.1) is 0 Å². The van der Waals surface area contributed by atoms with E-state index >= 15 is 0 Å². The number of quaternary nitrogens is 2. The molecule has 0 saturated heterocycles. The molecule has 0 radical (unpaired) electrons. The Kier molecular flexibility index (Phi) is 8.11. The van der Waals surface area contributed by atoms with Crippen LogP contribution in [-0.2, 0) is 26.2 Å². The lowest BCUT2D eigenvalue weighted by Crippen LogP contribution is -2.36. The molecule has 2 heterocycles. The van der Waals surface area contributed by atoms with Gasteiger partial charge in [-0.05, 0) is 33.7 Å². The molecular formula is C34H48N6+4. The van der Waals surface area contributed by atoms with E-state index in [0.717, 1.165) is 35.1 Å². The van der Waals surface area contributed by atoms with E-state index in [-0.39, 0.29) is 0 Å². The molecule has 6 nitrogen and oxygen atoms in total. The van der Waals surface area contributed by atoms with Gasteiger partial charge in [-0.3, -0.25) is 0 Å². The van der Waals surface area contributed by atoms with Crippen molar-refractivity contribution < 1.29 is 18.1 Å². The van der Waals surface area contributed by atoms with Crippen molar-refractivity contribution in [1.29, 1.82) is 0 Å². The largest absolute Gasteiger partial charge is 0.331 e. The van der Waals surface area contributed by atoms with E-state index in [1.54, 1.807) is 0 Å². The average molecular weight is 541 g/mol. The van der Waals surface area contributed by atoms with Crippen molar-refractivity contribution in [3.8, 4) is 0 Å². The molecule has 40 heavy (non-hydrogen) atoms. The zero-order valence-electron chi connectivity index (χ0n) is 25.4. The monoisotopic (exact) mass is 540 g/mol. The second-order valence-corrected chi connectivity index (χ2v) is 13.5. The van der Waals surface area contributed by atoms with Gasteiger partial charge in [0.1, 0.15) is 37.9 Å². The summed E-state index contributed by atoms with van der Waals surface area (Å²) in [5.41, 5.74) is 2.72. The molecule has 3 aromatic carbocycles. The first-order valence-electron chi connectivity index (χ1n) is 14.7. The molecule has 0 saturated carbocycles. The Hall–Kier alpha value is -3.48. The lowest BCUT2D eigenvalue weighted by molar-refractivity contribution is -0.870. The van der Waals surface area contributed by atoms with Crippen molar-refractivity contribution in [2.75, 3.05) is 55.4 Å². The number of fused-ring (bicyclic) bond motifs is 2. The van der Waals surface area contributed by atoms with Crippen LogP contribution in [0.25, 0.3) is 21.5 Å². The predicted octanol–water partition coefficient (Wildman–Crippen LogP) is 4.46. The highest BCUT2D eigenvalue weighted by atomic mass is 15.3. The number of aryl methyl sites for hydroxylation is 2. The molecule has 0 N–H and O–H groups in total. The van der Waals surface area contributed by atoms with Crippen LogP contribution in [0.3, 0.4) is 0 Å². The summed E-state index contributed by atoms with van der Waals surface area (Å²) in [6.45, 7) is 6.21. The van der Waals surface area contributed by atoms with Crippen LogP contribution in [0.5, 0.6) is 0 Å². The number of nitrogens with zero attached hydrogens (tertiary/aromatic N) is 6. The van der Waals surface area contributed by atoms with E-state index in [9.17, 15) is 0 Å². The van der Waals surface area contributed by atoms with Crippen molar-refractivity contribution in [2.24, 2.45) is 0 Å². The molecule has 0 aliphatic rings. The quantitative estimate of drug-likeness (QED) is 0.126. The maximum absolute atomic E-state index is 2.42. The van der Waals surface area contributed by atoms with Crippen molar-refractivity contribution >= 4 is 21.5 Å². The van der Waals surface area contributed by atoms with Crippen LogP contribution in [0.1, 0.15) is 24.0 Å². The molecule has 0 spiro atoms. The van der Waals surface area contributed by atoms with Crippen molar-refractivity contribution in [1.82, 2.24) is 9.13 Å². The standard InChI is InChI=1S/C34H48N6/c1-39(2,3)21-9-15-35-17-19-37(27-35)25-31-13-7-11-29-23-30-12-8-14-32(34(30)24-33(29)31)26-38-20-18-36(28-38)16-10-22-40(4,5)6/h7-8,11-14,17-20,23-24,27-28H,9-10,15-16,21-22,25-26H2,1-6H3/q+4. The molecule has 5 rings (SSSR count). The fourth-order valence-corrected chi connectivity index (χ4v) is 5.63. The summed E-state index contributed by atoms with van der Waals surface area (Å²) < 4.78 is 11.3. The zero-order valence-corrected chi connectivity index (χ0v) is 25.4. The van der Waals surface area contributed by atoms with E-state index < -0.39 is 0 Å². The summed E-state index contributed by atoms with van der Waals surface area (Å²) in [4.78, 5) is 0. The molecule has 0 aliphatic carbocycles. The van der Waals surface area contributed by atoms with E-state index in [1.165, 1.54) is 58.6 Å². The van der Waals surface area contributed by atoms with Crippen LogP contribution in [0.15, 0.2) is 86.0 Å². The third kappa shape index (κ3) is 7.38. The van der Waals surface area contributed by atoms with Gasteiger partial charge in [0.15, 0.2) is 0 Å². The topological polar surface area (TPSA) is 17.6 Å². The maximum atomic E-state index is 2.42. The first-order chi connectivity index (χ1) is 19.0. The third-order valence-corrected chi connectivity index (χ3v) is 7.75. The first kappa shape index (κ1) is 28.1. The van der Waals surface area contributed by atoms with E-state index in [2.05, 4.69) is 147 Å². The highest BCUT2D eigenvalue weighted by Crippen LogP contribution is 2.28. The van der Waals surface area contributed by atoms with E-state index in [0.29, 0.717) is 0 Å². The van der Waals surface area contributed by atoms with Crippen LogP contribution in [-0.4, -0.2) is 73.5 Å². The number of imidazole rings is 2. The normalized spacial score (nSPS) is 12.6. The predicted molar refractivity (Wildman–Crippen MR) is 164 cm³/mol. The Bertz CT molecular complexity index is 1460. The van der Waals surface area contributed by atoms with Crippen molar-refractivity contribution in [3.63, 3.8) is 0 Å². The second-order valence-electron chi connectivity index (χ2n) is 13.5. The van der Waals surface area contributed by atoms with Gasteiger partial charge in [-0.2, -0.15) is 0 Å². The molecule has 0 bridgehead atoms. The zero-order chi connectivity index (χ0) is 28.3. The maximum Gasteiger partial charge on any atom is 0.244 e. The smallest absolute Gasteiger partial charge is 0.244 e. The lowest BCUT2D eigenvalue weighted by atomic mass is 9.97. The summed E-state index contributed by atoms with van der Waals surface area (Å²) in [7, 11) is 13.6. The van der Waals surface area contributed by atoms with Gasteiger partial charge < -0.3 is 8.97 Å². The second kappa shape index (κ2) is 11.6. The van der Waals surface area contributed by atoms with Gasteiger partial charge in [-0.25, -0.2) is 18.3 Å². The van der Waals surface area contributed by atoms with Gasteiger partial charge in [-0.1, -0.05) is 36.4 Å². The Morgan fingerprint density at radius 1 is 0.600 bits per heavy atom. The summed E-state index contributed by atoms with van der Waals surface area (Å²) in [6.07, 6.45) is 15.7. The van der Waals surface area contributed by atoms with Gasteiger partial charge in [0.2, 0.25) is 12.7 Å².